The van der Waals surface area contributed by atoms with Gasteiger partial charge < -0.3 is 19.4 Å². The molecule has 3 heterocycles. The van der Waals surface area contributed by atoms with Crippen molar-refractivity contribution < 1.29 is 9.15 Å². The fourth-order valence-corrected chi connectivity index (χ4v) is 4.18. The van der Waals surface area contributed by atoms with Gasteiger partial charge in [-0.1, -0.05) is 0 Å². The number of likely N-dealkylation sites (tertiary alicyclic amines) is 1. The zero-order valence-corrected chi connectivity index (χ0v) is 15.6. The summed E-state index contributed by atoms with van der Waals surface area (Å²) in [5, 5.41) is 13.1. The first kappa shape index (κ1) is 17.3. The number of oxazole rings is 1. The van der Waals surface area contributed by atoms with Gasteiger partial charge in [-0.15, -0.1) is 11.3 Å². The molecular formula is C18H21N4O3S-. The van der Waals surface area contributed by atoms with Gasteiger partial charge in [0.1, 0.15) is 17.4 Å². The second-order valence-electron chi connectivity index (χ2n) is 6.54. The highest BCUT2D eigenvalue weighted by Crippen LogP contribution is 2.29. The number of anilines is 1. The van der Waals surface area contributed by atoms with Crippen molar-refractivity contribution in [2.45, 2.75) is 39.0 Å². The van der Waals surface area contributed by atoms with Crippen LogP contribution in [0.5, 0.6) is 5.75 Å². The fourth-order valence-electron chi connectivity index (χ4n) is 3.27. The van der Waals surface area contributed by atoms with Crippen LogP contribution in [0.15, 0.2) is 35.2 Å². The van der Waals surface area contributed by atoms with Crippen LogP contribution in [0.1, 0.15) is 25.1 Å². The highest BCUT2D eigenvalue weighted by molar-refractivity contribution is 7.15. The lowest BCUT2D eigenvalue weighted by atomic mass is 10.2. The number of thiazole rings is 1. The fraction of sp³-hybridized carbons (Fsp3) is 0.444. The van der Waals surface area contributed by atoms with E-state index in [2.05, 4.69) is 21.8 Å². The number of benzene rings is 1. The molecule has 1 aliphatic heterocycles. The van der Waals surface area contributed by atoms with Gasteiger partial charge in [-0.05, 0) is 26.0 Å². The summed E-state index contributed by atoms with van der Waals surface area (Å²) >= 11 is 1.46. The van der Waals surface area contributed by atoms with E-state index in [0.29, 0.717) is 17.7 Å². The van der Waals surface area contributed by atoms with Crippen LogP contribution < -0.4 is 9.80 Å². The zero-order chi connectivity index (χ0) is 18.1. The highest BCUT2D eigenvalue weighted by atomic mass is 32.1. The number of hydroxylamine groups is 1. The van der Waals surface area contributed by atoms with E-state index in [0.717, 1.165) is 46.3 Å². The summed E-state index contributed by atoms with van der Waals surface area (Å²) in [5.41, 5.74) is 1.57. The first-order chi connectivity index (χ1) is 12.6. The van der Waals surface area contributed by atoms with E-state index in [-0.39, 0.29) is 6.10 Å². The Balaban J connectivity index is 1.38. The molecule has 0 aliphatic carbocycles. The third-order valence-corrected chi connectivity index (χ3v) is 5.66. The van der Waals surface area contributed by atoms with Crippen molar-refractivity contribution in [2.75, 3.05) is 18.2 Å². The molecule has 0 radical (unpaired) electrons. The van der Waals surface area contributed by atoms with E-state index in [9.17, 15) is 5.21 Å². The highest BCUT2D eigenvalue weighted by Gasteiger charge is 2.31. The largest absolute Gasteiger partial charge is 0.757 e. The molecule has 1 unspecified atom stereocenters. The Morgan fingerprint density at radius 1 is 1.42 bits per heavy atom. The number of ether oxygens (including phenoxy) is 1. The molecular weight excluding hydrogens is 352 g/mol. The van der Waals surface area contributed by atoms with Crippen molar-refractivity contribution in [3.8, 4) is 5.75 Å². The standard InChI is InChI=1S/C18H21N4O3S/c1-3-22(23)18-19-8-15(26-18)10-21-9-14(6-12(21)2)25-13-4-5-16-17(7-13)24-11-20-16/h4-5,7-8,11-12,14H,3,6,9-10H2,1-2H3/q-1/t12-,14?/m0/s1. The minimum absolute atomic E-state index is 0.129. The van der Waals surface area contributed by atoms with E-state index in [1.54, 1.807) is 6.20 Å². The van der Waals surface area contributed by atoms with Crippen LogP contribution in [0.3, 0.4) is 0 Å². The van der Waals surface area contributed by atoms with E-state index >= 15 is 0 Å². The Hall–Kier alpha value is -2.16. The van der Waals surface area contributed by atoms with Crippen LogP contribution in [-0.4, -0.2) is 40.1 Å². The number of nitrogens with zero attached hydrogens (tertiary/aromatic N) is 4. The van der Waals surface area contributed by atoms with Crippen molar-refractivity contribution in [1.29, 1.82) is 0 Å². The molecule has 0 spiro atoms. The van der Waals surface area contributed by atoms with E-state index in [1.807, 2.05) is 25.1 Å². The second kappa shape index (κ2) is 7.22. The lowest BCUT2D eigenvalue weighted by molar-refractivity contribution is 0.195. The first-order valence-electron chi connectivity index (χ1n) is 8.75. The van der Waals surface area contributed by atoms with Gasteiger partial charge in [0, 0.05) is 49.2 Å². The summed E-state index contributed by atoms with van der Waals surface area (Å²) in [4.78, 5) is 11.8. The van der Waals surface area contributed by atoms with Gasteiger partial charge in [0.05, 0.1) is 0 Å². The molecule has 138 valence electrons. The number of aromatic nitrogens is 2. The summed E-state index contributed by atoms with van der Waals surface area (Å²) in [7, 11) is 0. The van der Waals surface area contributed by atoms with Gasteiger partial charge in [-0.25, -0.2) is 9.97 Å². The molecule has 1 aromatic carbocycles. The van der Waals surface area contributed by atoms with Crippen LogP contribution >= 0.6 is 11.3 Å². The Labute approximate surface area is 155 Å². The second-order valence-corrected chi connectivity index (χ2v) is 7.63. The molecule has 2 atom stereocenters. The van der Waals surface area contributed by atoms with Gasteiger partial charge in [0.2, 0.25) is 0 Å². The minimum Gasteiger partial charge on any atom is -0.757 e. The summed E-state index contributed by atoms with van der Waals surface area (Å²) in [6, 6.07) is 6.14. The van der Waals surface area contributed by atoms with Gasteiger partial charge in [-0.2, -0.15) is 0 Å². The minimum atomic E-state index is 0.129. The van der Waals surface area contributed by atoms with Crippen LogP contribution in [-0.2, 0) is 6.54 Å². The van der Waals surface area contributed by atoms with E-state index in [1.165, 1.54) is 17.7 Å². The molecule has 0 saturated carbocycles. The molecule has 26 heavy (non-hydrogen) atoms. The lowest BCUT2D eigenvalue weighted by Gasteiger charge is -2.25. The Morgan fingerprint density at radius 2 is 2.31 bits per heavy atom. The molecule has 0 amide bonds. The topological polar surface area (TPSA) is 77.7 Å². The molecule has 8 heteroatoms. The molecule has 4 rings (SSSR count). The van der Waals surface area contributed by atoms with E-state index < -0.39 is 0 Å². The van der Waals surface area contributed by atoms with Crippen molar-refractivity contribution in [2.24, 2.45) is 0 Å². The van der Waals surface area contributed by atoms with Gasteiger partial charge in [0.15, 0.2) is 17.1 Å². The Morgan fingerprint density at radius 3 is 3.15 bits per heavy atom. The monoisotopic (exact) mass is 373 g/mol. The van der Waals surface area contributed by atoms with Crippen LogP contribution in [0.2, 0.25) is 0 Å². The number of hydrogen-bond acceptors (Lipinski definition) is 8. The van der Waals surface area contributed by atoms with Crippen LogP contribution in [0, 0.1) is 5.21 Å². The number of rotatable bonds is 6. The maximum absolute atomic E-state index is 11.7. The lowest BCUT2D eigenvalue weighted by Crippen LogP contribution is -2.27. The number of hydrogen-bond donors (Lipinski definition) is 0. The molecule has 3 aromatic rings. The Bertz CT molecular complexity index is 880. The molecule has 2 aromatic heterocycles. The average Bonchev–Trinajstić information content (AvgIpc) is 3.35. The normalized spacial score (nSPS) is 20.7. The number of fused-ring (bicyclic) bond motifs is 1. The van der Waals surface area contributed by atoms with Gasteiger partial charge in [-0.3, -0.25) is 4.90 Å². The molecule has 1 aliphatic rings. The summed E-state index contributed by atoms with van der Waals surface area (Å²) in [5.74, 6) is 0.804. The molecule has 0 bridgehead atoms. The molecule has 7 nitrogen and oxygen atoms in total. The maximum atomic E-state index is 11.7. The predicted molar refractivity (Wildman–Crippen MR) is 101 cm³/mol. The van der Waals surface area contributed by atoms with Crippen LogP contribution in [0.4, 0.5) is 5.13 Å². The summed E-state index contributed by atoms with van der Waals surface area (Å²) < 4.78 is 11.5. The molecule has 1 fully saturated rings. The SMILES string of the molecule is CCN([O-])c1ncc(CN2CC(Oc3ccc4ncoc4c3)C[C@@H]2C)s1. The zero-order valence-electron chi connectivity index (χ0n) is 14.8. The van der Waals surface area contributed by atoms with Gasteiger partial charge >= 0.3 is 0 Å². The quantitative estimate of drug-likeness (QED) is 0.610. The van der Waals surface area contributed by atoms with Crippen molar-refractivity contribution in [1.82, 2.24) is 14.9 Å². The van der Waals surface area contributed by atoms with Crippen molar-refractivity contribution >= 4 is 27.6 Å². The maximum Gasteiger partial charge on any atom is 0.181 e. The average molecular weight is 373 g/mol. The Kier molecular flexibility index (Phi) is 4.80. The molecule has 1 saturated heterocycles. The molecule has 0 N–H and O–H groups in total. The van der Waals surface area contributed by atoms with Gasteiger partial charge in [0.25, 0.3) is 0 Å². The van der Waals surface area contributed by atoms with E-state index in [4.69, 9.17) is 9.15 Å². The summed E-state index contributed by atoms with van der Waals surface area (Å²) in [6.07, 6.45) is 4.34. The predicted octanol–water partition coefficient (Wildman–Crippen LogP) is 3.65. The third-order valence-electron chi connectivity index (χ3n) is 4.67. The smallest absolute Gasteiger partial charge is 0.181 e. The van der Waals surface area contributed by atoms with Crippen LogP contribution in [0.25, 0.3) is 11.1 Å². The van der Waals surface area contributed by atoms with Crippen molar-refractivity contribution in [3.63, 3.8) is 0 Å². The summed E-state index contributed by atoms with van der Waals surface area (Å²) in [6.45, 7) is 6.08. The van der Waals surface area contributed by atoms with Crippen molar-refractivity contribution in [3.05, 3.63) is 40.9 Å². The first-order valence-corrected chi connectivity index (χ1v) is 9.57. The third kappa shape index (κ3) is 3.53.